The number of nitrogens with zero attached hydrogens (tertiary/aromatic N) is 1. The van der Waals surface area contributed by atoms with Crippen molar-refractivity contribution in [1.82, 2.24) is 4.90 Å². The molecule has 0 saturated heterocycles. The van der Waals surface area contributed by atoms with Crippen LogP contribution in [0.5, 0.6) is 0 Å². The fourth-order valence-corrected chi connectivity index (χ4v) is 5.29. The number of esters is 1. The van der Waals surface area contributed by atoms with E-state index in [1.54, 1.807) is 0 Å². The third-order valence-electron chi connectivity index (χ3n) is 6.66. The molecule has 5 heteroatoms. The Hall–Kier alpha value is -2.04. The van der Waals surface area contributed by atoms with Crippen LogP contribution in [0.1, 0.15) is 79.1 Å². The molecule has 1 N–H and O–H groups in total. The highest BCUT2D eigenvalue weighted by Crippen LogP contribution is 2.46. The van der Waals surface area contributed by atoms with Crippen molar-refractivity contribution in [1.29, 1.82) is 0 Å². The van der Waals surface area contributed by atoms with Crippen molar-refractivity contribution < 1.29 is 19.4 Å². The van der Waals surface area contributed by atoms with Gasteiger partial charge in [-0.3, -0.25) is 4.90 Å². The second-order valence-corrected chi connectivity index (χ2v) is 9.72. The summed E-state index contributed by atoms with van der Waals surface area (Å²) in [5, 5.41) is 9.99. The van der Waals surface area contributed by atoms with Crippen LogP contribution in [0.25, 0.3) is 0 Å². The highest BCUT2D eigenvalue weighted by Gasteiger charge is 2.54. The number of carbonyl (C=O) groups excluding carboxylic acids is 1. The van der Waals surface area contributed by atoms with Crippen molar-refractivity contribution in [3.63, 3.8) is 0 Å². The van der Waals surface area contributed by atoms with Gasteiger partial charge in [-0.1, -0.05) is 43.1 Å². The SMILES string of the molecule is CC(N(C(=O)O)C(C)(C)C)C1(C2CCCCC2)C=C(CC2=CC=CCC2)C(=O)O1. The number of cyclic esters (lactones) is 1. The van der Waals surface area contributed by atoms with Gasteiger partial charge in [0, 0.05) is 23.5 Å². The van der Waals surface area contributed by atoms with Gasteiger partial charge in [-0.15, -0.1) is 0 Å². The lowest BCUT2D eigenvalue weighted by molar-refractivity contribution is -0.160. The molecule has 0 aromatic heterocycles. The molecule has 2 atom stereocenters. The number of ether oxygens (including phenoxy) is 1. The van der Waals surface area contributed by atoms with E-state index in [1.807, 2.05) is 39.8 Å². The van der Waals surface area contributed by atoms with Crippen LogP contribution in [0, 0.1) is 5.92 Å². The normalized spacial score (nSPS) is 26.6. The van der Waals surface area contributed by atoms with Crippen LogP contribution in [0.4, 0.5) is 4.79 Å². The predicted molar refractivity (Wildman–Crippen MR) is 114 cm³/mol. The summed E-state index contributed by atoms with van der Waals surface area (Å²) in [6.07, 6.45) is 15.1. The standard InChI is InChI=1S/C24H35NO4/c1-17(25(22(27)28)23(2,3)4)24(20-13-9-6-10-14-20)16-19(21(26)29-24)15-18-11-7-5-8-12-18/h5,7,11,16-17,20H,6,8-10,12-15H2,1-4H3,(H,27,28). The van der Waals surface area contributed by atoms with E-state index in [0.29, 0.717) is 12.0 Å². The zero-order valence-corrected chi connectivity index (χ0v) is 18.2. The summed E-state index contributed by atoms with van der Waals surface area (Å²) >= 11 is 0. The maximum absolute atomic E-state index is 13.0. The van der Waals surface area contributed by atoms with Crippen molar-refractivity contribution in [3.05, 3.63) is 35.5 Å². The molecule has 0 aromatic rings. The second-order valence-electron chi connectivity index (χ2n) is 9.72. The first-order valence-electron chi connectivity index (χ1n) is 11.0. The topological polar surface area (TPSA) is 66.8 Å². The average molecular weight is 402 g/mol. The maximum atomic E-state index is 13.0. The smallest absolute Gasteiger partial charge is 0.408 e. The van der Waals surface area contributed by atoms with Crippen molar-refractivity contribution in [2.24, 2.45) is 5.92 Å². The van der Waals surface area contributed by atoms with Gasteiger partial charge in [0.05, 0.1) is 6.04 Å². The van der Waals surface area contributed by atoms with Crippen LogP contribution >= 0.6 is 0 Å². The first kappa shape index (κ1) is 21.7. The second kappa shape index (κ2) is 8.37. The fraction of sp³-hybridized carbons (Fsp3) is 0.667. The average Bonchev–Trinajstić information content (AvgIpc) is 2.99. The van der Waals surface area contributed by atoms with Gasteiger partial charge in [0.2, 0.25) is 0 Å². The fourth-order valence-electron chi connectivity index (χ4n) is 5.29. The quantitative estimate of drug-likeness (QED) is 0.607. The third kappa shape index (κ3) is 4.44. The summed E-state index contributed by atoms with van der Waals surface area (Å²) < 4.78 is 6.15. The lowest BCUT2D eigenvalue weighted by atomic mass is 9.72. The Morgan fingerprint density at radius 1 is 1.31 bits per heavy atom. The summed E-state index contributed by atoms with van der Waals surface area (Å²) in [6.45, 7) is 7.59. The minimum absolute atomic E-state index is 0.150. The molecule has 29 heavy (non-hydrogen) atoms. The van der Waals surface area contributed by atoms with Gasteiger partial charge in [-0.2, -0.15) is 0 Å². The van der Waals surface area contributed by atoms with Crippen LogP contribution in [-0.2, 0) is 9.53 Å². The Balaban J connectivity index is 2.00. The maximum Gasteiger partial charge on any atom is 0.408 e. The molecule has 1 aliphatic heterocycles. The van der Waals surface area contributed by atoms with Gasteiger partial charge in [0.25, 0.3) is 0 Å². The van der Waals surface area contributed by atoms with Crippen LogP contribution < -0.4 is 0 Å². The van der Waals surface area contributed by atoms with Crippen molar-refractivity contribution in [2.45, 2.75) is 96.2 Å². The number of carboxylic acid groups (broad SMARTS) is 1. The van der Waals surface area contributed by atoms with Gasteiger partial charge in [0.1, 0.15) is 0 Å². The summed E-state index contributed by atoms with van der Waals surface area (Å²) in [6, 6.07) is -0.454. The predicted octanol–water partition coefficient (Wildman–Crippen LogP) is 5.62. The molecule has 1 heterocycles. The lowest BCUT2D eigenvalue weighted by Gasteiger charge is -2.48. The van der Waals surface area contributed by atoms with Crippen molar-refractivity contribution >= 4 is 12.1 Å². The number of rotatable bonds is 5. The minimum Gasteiger partial charge on any atom is -0.465 e. The van der Waals surface area contributed by atoms with E-state index < -0.39 is 23.3 Å². The highest BCUT2D eigenvalue weighted by molar-refractivity contribution is 5.92. The Labute approximate surface area is 174 Å². The first-order valence-corrected chi connectivity index (χ1v) is 11.0. The summed E-state index contributed by atoms with van der Waals surface area (Å²) in [4.78, 5) is 26.6. The van der Waals surface area contributed by atoms with Gasteiger partial charge in [0.15, 0.2) is 5.60 Å². The van der Waals surface area contributed by atoms with E-state index in [4.69, 9.17) is 4.74 Å². The summed E-state index contributed by atoms with van der Waals surface area (Å²) in [7, 11) is 0. The monoisotopic (exact) mass is 401 g/mol. The number of hydrogen-bond acceptors (Lipinski definition) is 3. The molecule has 160 valence electrons. The molecule has 1 saturated carbocycles. The zero-order chi connectivity index (χ0) is 21.2. The van der Waals surface area contributed by atoms with Crippen LogP contribution in [0.3, 0.4) is 0 Å². The van der Waals surface area contributed by atoms with E-state index in [0.717, 1.165) is 38.5 Å². The lowest BCUT2D eigenvalue weighted by Crippen LogP contribution is -2.61. The van der Waals surface area contributed by atoms with E-state index in [2.05, 4.69) is 12.2 Å². The van der Waals surface area contributed by atoms with E-state index in [-0.39, 0.29) is 11.9 Å². The number of carbonyl (C=O) groups is 2. The molecule has 0 radical (unpaired) electrons. The van der Waals surface area contributed by atoms with Gasteiger partial charge in [-0.25, -0.2) is 9.59 Å². The molecule has 5 nitrogen and oxygen atoms in total. The molecule has 0 bridgehead atoms. The highest BCUT2D eigenvalue weighted by atomic mass is 16.6. The number of allylic oxidation sites excluding steroid dienone is 4. The van der Waals surface area contributed by atoms with E-state index in [9.17, 15) is 14.7 Å². The number of amides is 1. The summed E-state index contributed by atoms with van der Waals surface area (Å²) in [5.41, 5.74) is 0.438. The molecule has 1 amide bonds. The van der Waals surface area contributed by atoms with Crippen molar-refractivity contribution in [2.75, 3.05) is 0 Å². The molecule has 2 unspecified atom stereocenters. The Morgan fingerprint density at radius 3 is 2.55 bits per heavy atom. The Morgan fingerprint density at radius 2 is 2.00 bits per heavy atom. The molecule has 2 aliphatic carbocycles. The van der Waals surface area contributed by atoms with E-state index in [1.165, 1.54) is 16.9 Å². The van der Waals surface area contributed by atoms with Crippen molar-refractivity contribution in [3.8, 4) is 0 Å². The minimum atomic E-state index is -0.974. The largest absolute Gasteiger partial charge is 0.465 e. The van der Waals surface area contributed by atoms with Gasteiger partial charge in [-0.05, 0) is 59.5 Å². The van der Waals surface area contributed by atoms with Gasteiger partial charge >= 0.3 is 12.1 Å². The van der Waals surface area contributed by atoms with Crippen LogP contribution in [-0.4, -0.2) is 39.3 Å². The zero-order valence-electron chi connectivity index (χ0n) is 18.2. The molecular formula is C24H35NO4. The molecule has 3 aliphatic rings. The first-order chi connectivity index (χ1) is 13.6. The summed E-state index contributed by atoms with van der Waals surface area (Å²) in [5.74, 6) is -0.130. The molecular weight excluding hydrogens is 366 g/mol. The van der Waals surface area contributed by atoms with E-state index >= 15 is 0 Å². The van der Waals surface area contributed by atoms with Crippen LogP contribution in [0.2, 0.25) is 0 Å². The Bertz CT molecular complexity index is 736. The third-order valence-corrected chi connectivity index (χ3v) is 6.66. The van der Waals surface area contributed by atoms with Crippen LogP contribution in [0.15, 0.2) is 35.5 Å². The molecule has 3 rings (SSSR count). The van der Waals surface area contributed by atoms with Gasteiger partial charge < -0.3 is 9.84 Å². The molecule has 0 spiro atoms. The molecule has 1 fully saturated rings. The molecule has 0 aromatic carbocycles. The Kier molecular flexibility index (Phi) is 6.25. The number of hydrogen-bond donors (Lipinski definition) is 1.